The minimum Gasteiger partial charge on any atom is -0.438 e. The molecule has 0 amide bonds. The van der Waals surface area contributed by atoms with Gasteiger partial charge in [0.2, 0.25) is 5.88 Å². The van der Waals surface area contributed by atoms with Crippen LogP contribution in [0.15, 0.2) is 61.3 Å². The van der Waals surface area contributed by atoms with Gasteiger partial charge in [0.25, 0.3) is 0 Å². The number of fused-ring (bicyclic) bond motifs is 1. The molecule has 7 heteroatoms. The van der Waals surface area contributed by atoms with Crippen molar-refractivity contribution in [1.29, 1.82) is 0 Å². The summed E-state index contributed by atoms with van der Waals surface area (Å²) in [6.45, 7) is -0.203. The standard InChI is InChI=1S/C18H15N5O2/c19-13-4-1-5-14(7-13)25-18-16-15(12-3-2-6-20-8-12)9-23(11-24)17(16)21-10-22-18/h1-10,24H,11,19H2. The van der Waals surface area contributed by atoms with Gasteiger partial charge >= 0.3 is 0 Å². The molecule has 0 spiro atoms. The van der Waals surface area contributed by atoms with Crippen molar-refractivity contribution in [2.24, 2.45) is 0 Å². The van der Waals surface area contributed by atoms with Gasteiger partial charge in [0, 0.05) is 41.5 Å². The summed E-state index contributed by atoms with van der Waals surface area (Å²) < 4.78 is 7.58. The average molecular weight is 333 g/mol. The van der Waals surface area contributed by atoms with Gasteiger partial charge in [-0.25, -0.2) is 9.97 Å². The number of nitrogens with zero attached hydrogens (tertiary/aromatic N) is 4. The van der Waals surface area contributed by atoms with Crippen LogP contribution in [-0.2, 0) is 6.73 Å². The summed E-state index contributed by atoms with van der Waals surface area (Å²) in [5.41, 5.74) is 8.70. The van der Waals surface area contributed by atoms with E-state index in [4.69, 9.17) is 10.5 Å². The monoisotopic (exact) mass is 333 g/mol. The second-order valence-electron chi connectivity index (χ2n) is 5.45. The first-order chi connectivity index (χ1) is 12.3. The highest BCUT2D eigenvalue weighted by Crippen LogP contribution is 2.36. The van der Waals surface area contributed by atoms with Gasteiger partial charge in [-0.3, -0.25) is 4.98 Å². The van der Waals surface area contributed by atoms with Gasteiger partial charge in [-0.05, 0) is 18.2 Å². The van der Waals surface area contributed by atoms with Crippen molar-refractivity contribution in [2.75, 3.05) is 5.73 Å². The summed E-state index contributed by atoms with van der Waals surface area (Å²) in [5.74, 6) is 0.968. The molecule has 25 heavy (non-hydrogen) atoms. The lowest BCUT2D eigenvalue weighted by Crippen LogP contribution is -1.97. The number of aliphatic hydroxyl groups excluding tert-OH is 1. The Morgan fingerprint density at radius 1 is 1.16 bits per heavy atom. The molecule has 0 aliphatic rings. The number of rotatable bonds is 4. The Morgan fingerprint density at radius 2 is 2.08 bits per heavy atom. The number of benzene rings is 1. The van der Waals surface area contributed by atoms with Crippen molar-refractivity contribution in [2.45, 2.75) is 6.73 Å². The molecule has 0 atom stereocenters. The normalized spacial score (nSPS) is 10.9. The van der Waals surface area contributed by atoms with Crippen molar-refractivity contribution in [3.05, 3.63) is 61.3 Å². The SMILES string of the molecule is Nc1cccc(Oc2ncnc3c2c(-c2cccnc2)cn3CO)c1. The van der Waals surface area contributed by atoms with E-state index >= 15 is 0 Å². The molecular weight excluding hydrogens is 318 g/mol. The van der Waals surface area contributed by atoms with E-state index in [-0.39, 0.29) is 6.73 Å². The highest BCUT2D eigenvalue weighted by Gasteiger charge is 2.17. The molecule has 3 N–H and O–H groups in total. The number of aliphatic hydroxyl groups is 1. The Morgan fingerprint density at radius 3 is 2.84 bits per heavy atom. The van der Waals surface area contributed by atoms with E-state index in [0.717, 1.165) is 11.1 Å². The molecule has 0 fully saturated rings. The van der Waals surface area contributed by atoms with Crippen LogP contribution in [0, 0.1) is 0 Å². The van der Waals surface area contributed by atoms with Crippen LogP contribution >= 0.6 is 0 Å². The third kappa shape index (κ3) is 2.77. The first-order valence-corrected chi connectivity index (χ1v) is 7.65. The van der Waals surface area contributed by atoms with Crippen LogP contribution in [0.3, 0.4) is 0 Å². The first-order valence-electron chi connectivity index (χ1n) is 7.65. The lowest BCUT2D eigenvalue weighted by atomic mass is 10.1. The maximum Gasteiger partial charge on any atom is 0.232 e. The van der Waals surface area contributed by atoms with Crippen LogP contribution < -0.4 is 10.5 Å². The van der Waals surface area contributed by atoms with Crippen molar-refractivity contribution >= 4 is 16.7 Å². The first kappa shape index (κ1) is 15.1. The van der Waals surface area contributed by atoms with Crippen LogP contribution in [0.2, 0.25) is 0 Å². The van der Waals surface area contributed by atoms with Gasteiger partial charge in [-0.2, -0.15) is 0 Å². The smallest absolute Gasteiger partial charge is 0.232 e. The van der Waals surface area contributed by atoms with E-state index in [1.807, 2.05) is 24.4 Å². The molecule has 0 unspecified atom stereocenters. The summed E-state index contributed by atoms with van der Waals surface area (Å²) in [6, 6.07) is 10.9. The van der Waals surface area contributed by atoms with E-state index in [1.54, 1.807) is 35.2 Å². The Balaban J connectivity index is 1.91. The van der Waals surface area contributed by atoms with Gasteiger partial charge in [0.15, 0.2) is 0 Å². The number of hydrogen-bond acceptors (Lipinski definition) is 6. The van der Waals surface area contributed by atoms with Gasteiger partial charge in [-0.15, -0.1) is 0 Å². The largest absolute Gasteiger partial charge is 0.438 e. The van der Waals surface area contributed by atoms with Crippen molar-refractivity contribution in [1.82, 2.24) is 19.5 Å². The maximum atomic E-state index is 9.64. The summed E-state index contributed by atoms with van der Waals surface area (Å²) in [4.78, 5) is 12.7. The minimum absolute atomic E-state index is 0.203. The number of anilines is 1. The Bertz CT molecular complexity index is 1030. The fourth-order valence-corrected chi connectivity index (χ4v) is 2.71. The number of hydrogen-bond donors (Lipinski definition) is 2. The van der Waals surface area contributed by atoms with Crippen LogP contribution in [0.1, 0.15) is 0 Å². The van der Waals surface area contributed by atoms with Crippen molar-refractivity contribution in [3.63, 3.8) is 0 Å². The Hall–Kier alpha value is -3.45. The molecule has 0 bridgehead atoms. The summed E-state index contributed by atoms with van der Waals surface area (Å²) in [6.07, 6.45) is 6.66. The summed E-state index contributed by atoms with van der Waals surface area (Å²) >= 11 is 0. The van der Waals surface area contributed by atoms with Crippen LogP contribution in [0.4, 0.5) is 5.69 Å². The van der Waals surface area contributed by atoms with Gasteiger partial charge in [-0.1, -0.05) is 12.1 Å². The average Bonchev–Trinajstić information content (AvgIpc) is 3.02. The maximum absolute atomic E-state index is 9.64. The molecule has 3 aromatic heterocycles. The van der Waals surface area contributed by atoms with E-state index in [9.17, 15) is 5.11 Å². The van der Waals surface area contributed by atoms with Crippen LogP contribution in [-0.4, -0.2) is 24.6 Å². The second kappa shape index (κ2) is 6.21. The molecule has 0 aliphatic carbocycles. The second-order valence-corrected chi connectivity index (χ2v) is 5.45. The van der Waals surface area contributed by atoms with Gasteiger partial charge < -0.3 is 20.1 Å². The predicted molar refractivity (Wildman–Crippen MR) is 93.9 cm³/mol. The number of ether oxygens (including phenoxy) is 1. The van der Waals surface area contributed by atoms with Gasteiger partial charge in [0.1, 0.15) is 24.5 Å². The minimum atomic E-state index is -0.203. The quantitative estimate of drug-likeness (QED) is 0.557. The molecule has 0 saturated heterocycles. The summed E-state index contributed by atoms with van der Waals surface area (Å²) in [7, 11) is 0. The van der Waals surface area contributed by atoms with E-state index in [0.29, 0.717) is 28.4 Å². The zero-order valence-electron chi connectivity index (χ0n) is 13.2. The molecule has 4 aromatic rings. The number of aromatic nitrogens is 4. The molecule has 1 aromatic carbocycles. The molecular formula is C18H15N5O2. The third-order valence-electron chi connectivity index (χ3n) is 3.82. The van der Waals surface area contributed by atoms with E-state index in [1.165, 1.54) is 6.33 Å². The predicted octanol–water partition coefficient (Wildman–Crippen LogP) is 2.82. The Labute approximate surface area is 143 Å². The zero-order chi connectivity index (χ0) is 17.2. The molecule has 0 aliphatic heterocycles. The Kier molecular flexibility index (Phi) is 3.75. The molecule has 0 radical (unpaired) electrons. The highest BCUT2D eigenvalue weighted by atomic mass is 16.5. The van der Waals surface area contributed by atoms with Crippen LogP contribution in [0.5, 0.6) is 11.6 Å². The zero-order valence-corrected chi connectivity index (χ0v) is 13.2. The molecule has 0 saturated carbocycles. The number of pyridine rings is 1. The number of nitrogens with two attached hydrogens (primary N) is 1. The fraction of sp³-hybridized carbons (Fsp3) is 0.0556. The molecule has 4 rings (SSSR count). The van der Waals surface area contributed by atoms with Crippen molar-refractivity contribution < 1.29 is 9.84 Å². The third-order valence-corrected chi connectivity index (χ3v) is 3.82. The lowest BCUT2D eigenvalue weighted by molar-refractivity contribution is 0.215. The van der Waals surface area contributed by atoms with Crippen LogP contribution in [0.25, 0.3) is 22.2 Å². The molecule has 7 nitrogen and oxygen atoms in total. The van der Waals surface area contributed by atoms with E-state index < -0.39 is 0 Å². The van der Waals surface area contributed by atoms with Crippen molar-refractivity contribution in [3.8, 4) is 22.8 Å². The van der Waals surface area contributed by atoms with E-state index in [2.05, 4.69) is 15.0 Å². The summed E-state index contributed by atoms with van der Waals surface area (Å²) in [5, 5.41) is 10.3. The highest BCUT2D eigenvalue weighted by molar-refractivity contribution is 5.97. The fourth-order valence-electron chi connectivity index (χ4n) is 2.71. The van der Waals surface area contributed by atoms with Gasteiger partial charge in [0.05, 0.1) is 5.39 Å². The lowest BCUT2D eigenvalue weighted by Gasteiger charge is -2.08. The molecule has 124 valence electrons. The molecule has 3 heterocycles. The number of nitrogen functional groups attached to an aromatic ring is 1. The topological polar surface area (TPSA) is 99.1 Å².